The Morgan fingerprint density at radius 1 is 0.971 bits per heavy atom. The Balaban J connectivity index is 1.43. The number of benzene rings is 3. The van der Waals surface area contributed by atoms with Crippen molar-refractivity contribution in [2.75, 3.05) is 0 Å². The fraction of sp³-hybridized carbons (Fsp3) is 0.107. The molecule has 0 spiro atoms. The monoisotopic (exact) mass is 451 g/mol. The summed E-state index contributed by atoms with van der Waals surface area (Å²) >= 11 is 0. The summed E-state index contributed by atoms with van der Waals surface area (Å²) in [5.41, 5.74) is 5.97. The molecule has 6 nitrogen and oxygen atoms in total. The number of pyridine rings is 1. The molecule has 0 aliphatic heterocycles. The van der Waals surface area contributed by atoms with Crippen molar-refractivity contribution in [2.24, 2.45) is 5.10 Å². The highest BCUT2D eigenvalue weighted by molar-refractivity contribution is 5.94. The van der Waals surface area contributed by atoms with Gasteiger partial charge in [0.15, 0.2) is 0 Å². The van der Waals surface area contributed by atoms with Crippen LogP contribution in [0.15, 0.2) is 107 Å². The Labute approximate surface area is 198 Å². The first kappa shape index (κ1) is 22.7. The van der Waals surface area contributed by atoms with Crippen molar-refractivity contribution >= 4 is 12.1 Å². The fourth-order valence-electron chi connectivity index (χ4n) is 3.53. The molecular formula is C28H25N3O3. The smallest absolute Gasteiger partial charge is 0.276 e. The zero-order valence-corrected chi connectivity index (χ0v) is 18.8. The van der Waals surface area contributed by atoms with Crippen LogP contribution in [0.5, 0.6) is 5.75 Å². The number of nitrogens with one attached hydrogen (secondary N) is 1. The maximum absolute atomic E-state index is 12.8. The summed E-state index contributed by atoms with van der Waals surface area (Å²) in [6, 6.07) is 28.3. The second-order valence-electron chi connectivity index (χ2n) is 7.84. The second-order valence-corrected chi connectivity index (χ2v) is 7.84. The molecule has 0 radical (unpaired) electrons. The van der Waals surface area contributed by atoms with Crippen molar-refractivity contribution in [3.8, 4) is 5.75 Å². The molecule has 0 unspecified atom stereocenters. The molecular weight excluding hydrogens is 426 g/mol. The highest BCUT2D eigenvalue weighted by Crippen LogP contribution is 2.13. The number of nitrogens with zero attached hydrogens (tertiary/aromatic N) is 2. The third-order valence-electron chi connectivity index (χ3n) is 5.26. The van der Waals surface area contributed by atoms with Crippen molar-refractivity contribution in [3.05, 3.63) is 135 Å². The van der Waals surface area contributed by atoms with E-state index in [-0.39, 0.29) is 11.1 Å². The van der Waals surface area contributed by atoms with Gasteiger partial charge in [0.1, 0.15) is 17.9 Å². The lowest BCUT2D eigenvalue weighted by molar-refractivity contribution is 0.0953. The molecule has 1 amide bonds. The van der Waals surface area contributed by atoms with Crippen LogP contribution in [0.1, 0.15) is 32.6 Å². The van der Waals surface area contributed by atoms with Crippen LogP contribution in [0.25, 0.3) is 0 Å². The SMILES string of the molecule is Cc1cccc(Cn2cccc(C(=O)N/N=C\c3ccccc3COc3ccccc3)c2=O)c1. The predicted octanol–water partition coefficient (Wildman–Crippen LogP) is 4.55. The number of hydrogen-bond acceptors (Lipinski definition) is 4. The predicted molar refractivity (Wildman–Crippen MR) is 133 cm³/mol. The molecule has 4 aromatic rings. The number of hydrazone groups is 1. The van der Waals surface area contributed by atoms with E-state index >= 15 is 0 Å². The first-order valence-electron chi connectivity index (χ1n) is 10.9. The Kier molecular flexibility index (Phi) is 7.30. The number of aromatic nitrogens is 1. The van der Waals surface area contributed by atoms with E-state index < -0.39 is 5.91 Å². The molecule has 0 bridgehead atoms. The van der Waals surface area contributed by atoms with Gasteiger partial charge in [-0.2, -0.15) is 5.10 Å². The summed E-state index contributed by atoms with van der Waals surface area (Å²) in [7, 11) is 0. The van der Waals surface area contributed by atoms with Crippen LogP contribution in [0, 0.1) is 6.92 Å². The van der Waals surface area contributed by atoms with Gasteiger partial charge in [0.2, 0.25) is 0 Å². The van der Waals surface area contributed by atoms with Crippen molar-refractivity contribution < 1.29 is 9.53 Å². The Morgan fingerprint density at radius 3 is 2.59 bits per heavy atom. The summed E-state index contributed by atoms with van der Waals surface area (Å²) in [6.07, 6.45) is 3.23. The molecule has 0 aliphatic rings. The molecule has 1 N–H and O–H groups in total. The number of aryl methyl sites for hydroxylation is 1. The number of amides is 1. The largest absolute Gasteiger partial charge is 0.489 e. The Bertz CT molecular complexity index is 1360. The normalized spacial score (nSPS) is 10.9. The van der Waals surface area contributed by atoms with Gasteiger partial charge in [-0.1, -0.05) is 72.3 Å². The van der Waals surface area contributed by atoms with E-state index in [1.165, 1.54) is 10.6 Å². The van der Waals surface area contributed by atoms with E-state index in [2.05, 4.69) is 10.5 Å². The average molecular weight is 452 g/mol. The minimum atomic E-state index is -0.558. The number of ether oxygens (including phenoxy) is 1. The van der Waals surface area contributed by atoms with Gasteiger partial charge in [-0.05, 0) is 42.3 Å². The molecule has 0 saturated heterocycles. The number of carbonyl (C=O) groups excluding carboxylic acids is 1. The third-order valence-corrected chi connectivity index (χ3v) is 5.26. The van der Waals surface area contributed by atoms with E-state index in [1.807, 2.05) is 85.8 Å². The summed E-state index contributed by atoms with van der Waals surface area (Å²) in [4.78, 5) is 25.5. The minimum absolute atomic E-state index is 0.0352. The van der Waals surface area contributed by atoms with Crippen molar-refractivity contribution in [1.82, 2.24) is 9.99 Å². The van der Waals surface area contributed by atoms with E-state index in [0.29, 0.717) is 13.2 Å². The first-order valence-corrected chi connectivity index (χ1v) is 10.9. The van der Waals surface area contributed by atoms with Crippen LogP contribution >= 0.6 is 0 Å². The number of rotatable bonds is 8. The topological polar surface area (TPSA) is 72.7 Å². The van der Waals surface area contributed by atoms with E-state index in [4.69, 9.17) is 4.74 Å². The summed E-state index contributed by atoms with van der Waals surface area (Å²) in [5.74, 6) is 0.214. The van der Waals surface area contributed by atoms with Crippen LogP contribution in [0.2, 0.25) is 0 Å². The van der Waals surface area contributed by atoms with Gasteiger partial charge in [0.05, 0.1) is 12.8 Å². The van der Waals surface area contributed by atoms with Crippen molar-refractivity contribution in [2.45, 2.75) is 20.1 Å². The third kappa shape index (κ3) is 5.86. The van der Waals surface area contributed by atoms with E-state index in [1.54, 1.807) is 18.5 Å². The van der Waals surface area contributed by atoms with Crippen LogP contribution in [-0.2, 0) is 13.2 Å². The number of para-hydroxylation sites is 1. The summed E-state index contributed by atoms with van der Waals surface area (Å²) in [5, 5.41) is 4.07. The van der Waals surface area contributed by atoms with Gasteiger partial charge in [-0.3, -0.25) is 9.59 Å². The van der Waals surface area contributed by atoms with Gasteiger partial charge in [0.25, 0.3) is 11.5 Å². The molecule has 0 saturated carbocycles. The van der Waals surface area contributed by atoms with Gasteiger partial charge < -0.3 is 9.30 Å². The van der Waals surface area contributed by atoms with Gasteiger partial charge in [-0.25, -0.2) is 5.43 Å². The molecule has 3 aromatic carbocycles. The van der Waals surface area contributed by atoms with Crippen LogP contribution < -0.4 is 15.7 Å². The Morgan fingerprint density at radius 2 is 1.76 bits per heavy atom. The highest BCUT2D eigenvalue weighted by Gasteiger charge is 2.12. The second kappa shape index (κ2) is 10.9. The van der Waals surface area contributed by atoms with Crippen molar-refractivity contribution in [3.63, 3.8) is 0 Å². The van der Waals surface area contributed by atoms with E-state index in [0.717, 1.165) is 28.0 Å². The Hall–Kier alpha value is -4.45. The number of carbonyl (C=O) groups is 1. The average Bonchev–Trinajstić information content (AvgIpc) is 2.85. The zero-order valence-electron chi connectivity index (χ0n) is 18.8. The molecule has 1 aromatic heterocycles. The number of hydrogen-bond donors (Lipinski definition) is 1. The molecule has 0 aliphatic carbocycles. The minimum Gasteiger partial charge on any atom is -0.489 e. The van der Waals surface area contributed by atoms with Gasteiger partial charge in [0, 0.05) is 11.8 Å². The zero-order chi connectivity index (χ0) is 23.8. The molecule has 170 valence electrons. The quantitative estimate of drug-likeness (QED) is 0.316. The molecule has 0 fully saturated rings. The molecule has 4 rings (SSSR count). The molecule has 34 heavy (non-hydrogen) atoms. The lowest BCUT2D eigenvalue weighted by Crippen LogP contribution is -2.30. The van der Waals surface area contributed by atoms with Crippen molar-refractivity contribution in [1.29, 1.82) is 0 Å². The standard InChI is InChI=1S/C28H25N3O3/c1-21-9-7-10-22(17-21)19-31-16-8-15-26(28(31)33)27(32)30-29-18-23-11-5-6-12-24(23)20-34-25-13-3-2-4-14-25/h2-18H,19-20H2,1H3,(H,30,32)/b29-18-. The summed E-state index contributed by atoms with van der Waals surface area (Å²) < 4.78 is 7.34. The highest BCUT2D eigenvalue weighted by atomic mass is 16.5. The first-order chi connectivity index (χ1) is 16.6. The maximum atomic E-state index is 12.8. The maximum Gasteiger partial charge on any atom is 0.276 e. The summed E-state index contributed by atoms with van der Waals surface area (Å²) in [6.45, 7) is 2.75. The van der Waals surface area contributed by atoms with Crippen LogP contribution in [0.3, 0.4) is 0 Å². The fourth-order valence-corrected chi connectivity index (χ4v) is 3.53. The van der Waals surface area contributed by atoms with Crippen LogP contribution in [0.4, 0.5) is 0 Å². The van der Waals surface area contributed by atoms with E-state index in [9.17, 15) is 9.59 Å². The van der Waals surface area contributed by atoms with Crippen LogP contribution in [-0.4, -0.2) is 16.7 Å². The lowest BCUT2D eigenvalue weighted by atomic mass is 10.1. The van der Waals surface area contributed by atoms with Gasteiger partial charge in [-0.15, -0.1) is 0 Å². The lowest BCUT2D eigenvalue weighted by Gasteiger charge is -2.09. The molecule has 6 heteroatoms. The molecule has 1 heterocycles. The van der Waals surface area contributed by atoms with Gasteiger partial charge >= 0.3 is 0 Å². The molecule has 0 atom stereocenters.